The smallest absolute Gasteiger partial charge is 0.276 e. The molecule has 0 unspecified atom stereocenters. The summed E-state index contributed by atoms with van der Waals surface area (Å²) in [6, 6.07) is 1.11. The van der Waals surface area contributed by atoms with Gasteiger partial charge in [0.1, 0.15) is 0 Å². The van der Waals surface area contributed by atoms with Crippen molar-refractivity contribution in [1.82, 2.24) is 30.1 Å². The second kappa shape index (κ2) is 10.8. The number of amides is 1. The Bertz CT molecular complexity index is 628. The van der Waals surface area contributed by atoms with E-state index in [1.54, 1.807) is 0 Å². The van der Waals surface area contributed by atoms with Crippen LogP contribution in [0.2, 0.25) is 0 Å². The number of aromatic nitrogens is 3. The molecule has 7 nitrogen and oxygen atoms in total. The molecule has 2 aliphatic heterocycles. The first-order valence-corrected chi connectivity index (χ1v) is 10.4. The van der Waals surface area contributed by atoms with Crippen LogP contribution in [0.25, 0.3) is 0 Å². The van der Waals surface area contributed by atoms with Gasteiger partial charge < -0.3 is 10.2 Å². The Morgan fingerprint density at radius 2 is 1.64 bits per heavy atom. The van der Waals surface area contributed by atoms with Gasteiger partial charge in [0.25, 0.3) is 5.91 Å². The Morgan fingerprint density at radius 1 is 0.929 bits per heavy atom. The van der Waals surface area contributed by atoms with Crippen molar-refractivity contribution >= 4 is 30.7 Å². The molecule has 1 aromatic rings. The molecule has 1 aliphatic carbocycles. The van der Waals surface area contributed by atoms with Crippen molar-refractivity contribution in [2.24, 2.45) is 0 Å². The minimum atomic E-state index is 0. The van der Waals surface area contributed by atoms with Crippen molar-refractivity contribution < 1.29 is 4.79 Å². The zero-order valence-electron chi connectivity index (χ0n) is 16.8. The average Bonchev–Trinajstić information content (AvgIpc) is 3.26. The van der Waals surface area contributed by atoms with Crippen LogP contribution in [0.4, 0.5) is 0 Å². The van der Waals surface area contributed by atoms with Crippen LogP contribution in [-0.2, 0) is 0 Å². The minimum absolute atomic E-state index is 0. The Balaban J connectivity index is 0.00000140. The Kier molecular flexibility index (Phi) is 8.99. The molecule has 0 radical (unpaired) electrons. The van der Waals surface area contributed by atoms with Crippen LogP contribution in [0.1, 0.15) is 67.2 Å². The van der Waals surface area contributed by atoms with Crippen molar-refractivity contribution in [3.63, 3.8) is 0 Å². The van der Waals surface area contributed by atoms with E-state index in [9.17, 15) is 4.79 Å². The summed E-state index contributed by atoms with van der Waals surface area (Å²) in [7, 11) is 0. The topological polar surface area (TPSA) is 66.3 Å². The summed E-state index contributed by atoms with van der Waals surface area (Å²) in [5.74, 6) is 0.0657. The number of carbonyl (C=O) groups is 1. The predicted octanol–water partition coefficient (Wildman–Crippen LogP) is 2.45. The van der Waals surface area contributed by atoms with Crippen LogP contribution in [0.15, 0.2) is 0 Å². The monoisotopic (exact) mass is 432 g/mol. The highest BCUT2D eigenvalue weighted by atomic mass is 35.5. The van der Waals surface area contributed by atoms with Crippen molar-refractivity contribution in [2.45, 2.75) is 64.0 Å². The van der Waals surface area contributed by atoms with Gasteiger partial charge in [0.2, 0.25) is 0 Å². The molecule has 160 valence electrons. The number of rotatable bonds is 3. The fraction of sp³-hybridized carbons (Fsp3) is 0.842. The molecule has 4 rings (SSSR count). The molecule has 1 N–H and O–H groups in total. The fourth-order valence-electron chi connectivity index (χ4n) is 4.86. The maximum atomic E-state index is 13.1. The van der Waals surface area contributed by atoms with Gasteiger partial charge in [-0.15, -0.1) is 29.9 Å². The lowest BCUT2D eigenvalue weighted by Crippen LogP contribution is -2.38. The van der Waals surface area contributed by atoms with Crippen LogP contribution >= 0.6 is 24.8 Å². The van der Waals surface area contributed by atoms with Gasteiger partial charge >= 0.3 is 0 Å². The molecular formula is C19H34Cl2N6O. The molecule has 1 amide bonds. The molecule has 28 heavy (non-hydrogen) atoms. The third-order valence-electron chi connectivity index (χ3n) is 6.44. The van der Waals surface area contributed by atoms with E-state index >= 15 is 0 Å². The number of nitrogens with zero attached hydrogens (tertiary/aromatic N) is 5. The highest BCUT2D eigenvalue weighted by molar-refractivity contribution is 5.93. The summed E-state index contributed by atoms with van der Waals surface area (Å²) >= 11 is 0. The van der Waals surface area contributed by atoms with Crippen LogP contribution in [0.5, 0.6) is 0 Å². The first-order chi connectivity index (χ1) is 12.7. The summed E-state index contributed by atoms with van der Waals surface area (Å²) in [6.07, 6.45) is 8.56. The van der Waals surface area contributed by atoms with Crippen molar-refractivity contribution in [3.05, 3.63) is 11.4 Å². The van der Waals surface area contributed by atoms with E-state index in [1.165, 1.54) is 25.7 Å². The molecule has 1 aromatic heterocycles. The maximum Gasteiger partial charge on any atom is 0.276 e. The van der Waals surface area contributed by atoms with Crippen molar-refractivity contribution in [3.8, 4) is 0 Å². The van der Waals surface area contributed by atoms with E-state index in [4.69, 9.17) is 0 Å². The van der Waals surface area contributed by atoms with Gasteiger partial charge in [0.05, 0.1) is 11.7 Å². The Hall–Kier alpha value is -0.890. The van der Waals surface area contributed by atoms with Crippen LogP contribution in [0, 0.1) is 6.92 Å². The summed E-state index contributed by atoms with van der Waals surface area (Å²) in [5.41, 5.74) is 1.48. The van der Waals surface area contributed by atoms with Crippen LogP contribution in [0.3, 0.4) is 0 Å². The number of carbonyl (C=O) groups excluding carboxylic acids is 1. The maximum absolute atomic E-state index is 13.1. The van der Waals surface area contributed by atoms with Gasteiger partial charge in [0.15, 0.2) is 5.69 Å². The largest absolute Gasteiger partial charge is 0.336 e. The lowest BCUT2D eigenvalue weighted by molar-refractivity contribution is 0.0751. The average molecular weight is 433 g/mol. The zero-order chi connectivity index (χ0) is 17.9. The predicted molar refractivity (Wildman–Crippen MR) is 115 cm³/mol. The minimum Gasteiger partial charge on any atom is -0.336 e. The molecule has 0 spiro atoms. The fourth-order valence-corrected chi connectivity index (χ4v) is 4.86. The standard InChI is InChI=1S/C19H32N6O.2ClH/c1-15-18(21-22-25(15)17-7-9-20-10-8-17)19(26)24-12-4-11-23(13-14-24)16-5-2-3-6-16;;/h16-17,20H,2-14H2,1H3;2*1H. The summed E-state index contributed by atoms with van der Waals surface area (Å²) in [4.78, 5) is 17.7. The van der Waals surface area contributed by atoms with E-state index in [2.05, 4.69) is 20.5 Å². The van der Waals surface area contributed by atoms with Gasteiger partial charge in [-0.3, -0.25) is 9.69 Å². The highest BCUT2D eigenvalue weighted by Gasteiger charge is 2.29. The number of piperidine rings is 1. The summed E-state index contributed by atoms with van der Waals surface area (Å²) in [6.45, 7) is 7.79. The van der Waals surface area contributed by atoms with Crippen LogP contribution < -0.4 is 5.32 Å². The third kappa shape index (κ3) is 4.99. The number of halogens is 2. The molecular weight excluding hydrogens is 399 g/mol. The molecule has 0 atom stereocenters. The zero-order valence-corrected chi connectivity index (χ0v) is 18.4. The number of hydrogen-bond donors (Lipinski definition) is 1. The SMILES string of the molecule is Cc1c(C(=O)N2CCCN(C3CCCC3)CC2)nnn1C1CCNCC1.Cl.Cl. The normalized spacial score (nSPS) is 22.4. The van der Waals surface area contributed by atoms with Gasteiger partial charge in [-0.2, -0.15) is 0 Å². The molecule has 2 saturated heterocycles. The third-order valence-corrected chi connectivity index (χ3v) is 6.44. The molecule has 0 aromatic carbocycles. The van der Waals surface area contributed by atoms with E-state index in [1.807, 2.05) is 16.5 Å². The van der Waals surface area contributed by atoms with Crippen molar-refractivity contribution in [1.29, 1.82) is 0 Å². The summed E-state index contributed by atoms with van der Waals surface area (Å²) in [5, 5.41) is 12.0. The van der Waals surface area contributed by atoms with Gasteiger partial charge in [-0.05, 0) is 52.1 Å². The van der Waals surface area contributed by atoms with E-state index < -0.39 is 0 Å². The molecule has 1 saturated carbocycles. The first kappa shape index (κ1) is 23.4. The second-order valence-corrected chi connectivity index (χ2v) is 8.07. The molecule has 3 aliphatic rings. The molecule has 0 bridgehead atoms. The Morgan fingerprint density at radius 3 is 2.36 bits per heavy atom. The lowest BCUT2D eigenvalue weighted by atomic mass is 10.1. The number of nitrogens with one attached hydrogen (secondary N) is 1. The quantitative estimate of drug-likeness (QED) is 0.794. The molecule has 3 fully saturated rings. The van der Waals surface area contributed by atoms with E-state index in [0.717, 1.165) is 70.3 Å². The highest BCUT2D eigenvalue weighted by Crippen LogP contribution is 2.25. The van der Waals surface area contributed by atoms with E-state index in [0.29, 0.717) is 11.7 Å². The van der Waals surface area contributed by atoms with Gasteiger partial charge in [-0.1, -0.05) is 18.1 Å². The first-order valence-electron chi connectivity index (χ1n) is 10.4. The summed E-state index contributed by atoms with van der Waals surface area (Å²) < 4.78 is 1.98. The van der Waals surface area contributed by atoms with Gasteiger partial charge in [0, 0.05) is 32.2 Å². The lowest BCUT2D eigenvalue weighted by Gasteiger charge is -2.27. The Labute approximate surface area is 180 Å². The van der Waals surface area contributed by atoms with Gasteiger partial charge in [-0.25, -0.2) is 4.68 Å². The molecule has 3 heterocycles. The molecule has 9 heteroatoms. The van der Waals surface area contributed by atoms with E-state index in [-0.39, 0.29) is 30.7 Å². The second-order valence-electron chi connectivity index (χ2n) is 8.07. The van der Waals surface area contributed by atoms with Crippen LogP contribution in [-0.4, -0.2) is 76.0 Å². The number of hydrogen-bond acceptors (Lipinski definition) is 5. The van der Waals surface area contributed by atoms with Crippen molar-refractivity contribution in [2.75, 3.05) is 39.3 Å².